The van der Waals surface area contributed by atoms with E-state index in [9.17, 15) is 9.90 Å². The van der Waals surface area contributed by atoms with E-state index in [1.807, 2.05) is 35.9 Å². The first-order valence-electron chi connectivity index (χ1n) is 14.4. The fourth-order valence-corrected chi connectivity index (χ4v) is 5.99. The van der Waals surface area contributed by atoms with Crippen molar-refractivity contribution >= 4 is 28.4 Å². The van der Waals surface area contributed by atoms with Crippen LogP contribution in [0.1, 0.15) is 43.9 Å². The van der Waals surface area contributed by atoms with E-state index < -0.39 is 5.60 Å². The molecule has 40 heavy (non-hydrogen) atoms. The number of likely N-dealkylation sites (N-methyl/N-ethyl adjacent to an activating group) is 1. The van der Waals surface area contributed by atoms with Gasteiger partial charge in [0, 0.05) is 50.3 Å². The molecule has 1 aliphatic heterocycles. The average molecular weight is 541 g/mol. The highest BCUT2D eigenvalue weighted by Crippen LogP contribution is 2.38. The maximum Gasteiger partial charge on any atom is 0.278 e. The molecule has 1 atom stereocenters. The van der Waals surface area contributed by atoms with Gasteiger partial charge in [0.15, 0.2) is 11.5 Å². The minimum absolute atomic E-state index is 0.113. The summed E-state index contributed by atoms with van der Waals surface area (Å²) in [6.07, 6.45) is 5.91. The summed E-state index contributed by atoms with van der Waals surface area (Å²) in [7, 11) is 2.16. The molecule has 0 unspecified atom stereocenters. The number of aromatic nitrogens is 5. The molecule has 2 N–H and O–H groups in total. The van der Waals surface area contributed by atoms with E-state index in [1.54, 1.807) is 10.9 Å². The third-order valence-electron chi connectivity index (χ3n) is 8.81. The predicted molar refractivity (Wildman–Crippen MR) is 156 cm³/mol. The number of rotatable bonds is 7. The van der Waals surface area contributed by atoms with Crippen molar-refractivity contribution in [2.75, 3.05) is 43.4 Å². The van der Waals surface area contributed by atoms with Crippen LogP contribution < -0.4 is 15.8 Å². The van der Waals surface area contributed by atoms with Gasteiger partial charge < -0.3 is 20.2 Å². The maximum atomic E-state index is 13.5. The quantitative estimate of drug-likeness (QED) is 0.368. The fraction of sp³-hybridized carbons (Fsp3) is 0.467. The first kappa shape index (κ1) is 25.2. The second kappa shape index (κ2) is 9.71. The number of nitrogens with zero attached hydrogens (tertiary/aromatic N) is 7. The van der Waals surface area contributed by atoms with E-state index in [-0.39, 0.29) is 5.56 Å². The molecule has 4 heterocycles. The largest absolute Gasteiger partial charge is 0.384 e. The zero-order valence-corrected chi connectivity index (χ0v) is 23.2. The molecule has 1 aromatic carbocycles. The van der Waals surface area contributed by atoms with Gasteiger partial charge in [0.05, 0.1) is 5.69 Å². The molecule has 10 nitrogen and oxygen atoms in total. The third-order valence-corrected chi connectivity index (χ3v) is 8.81. The van der Waals surface area contributed by atoms with Gasteiger partial charge in [-0.05, 0) is 81.0 Å². The lowest BCUT2D eigenvalue weighted by atomic mass is 9.98. The highest BCUT2D eigenvalue weighted by molar-refractivity contribution is 5.77. The smallest absolute Gasteiger partial charge is 0.278 e. The number of piperazine rings is 1. The lowest BCUT2D eigenvalue weighted by molar-refractivity contribution is 0.0305. The summed E-state index contributed by atoms with van der Waals surface area (Å²) in [6.45, 7) is 6.76. The van der Waals surface area contributed by atoms with Gasteiger partial charge in [0.2, 0.25) is 5.95 Å². The molecule has 4 aromatic rings. The molecule has 0 radical (unpaired) electrons. The predicted octanol–water partition coefficient (Wildman–Crippen LogP) is 3.43. The van der Waals surface area contributed by atoms with Crippen LogP contribution in [0.15, 0.2) is 47.4 Å². The number of nitrogens with one attached hydrogen (secondary N) is 1. The molecule has 0 bridgehead atoms. The Morgan fingerprint density at radius 3 is 2.55 bits per heavy atom. The van der Waals surface area contributed by atoms with Crippen molar-refractivity contribution in [1.29, 1.82) is 0 Å². The first-order valence-corrected chi connectivity index (χ1v) is 14.4. The van der Waals surface area contributed by atoms with Gasteiger partial charge in [0.1, 0.15) is 11.0 Å². The highest BCUT2D eigenvalue weighted by Gasteiger charge is 2.37. The lowest BCUT2D eigenvalue weighted by Gasteiger charge is -2.34. The molecule has 0 spiro atoms. The van der Waals surface area contributed by atoms with Gasteiger partial charge in [-0.3, -0.25) is 4.79 Å². The number of hydrogen-bond acceptors (Lipinski definition) is 8. The number of aryl methyl sites for hydroxylation is 1. The van der Waals surface area contributed by atoms with E-state index in [0.717, 1.165) is 56.7 Å². The number of aliphatic hydroxyl groups is 1. The van der Waals surface area contributed by atoms with Crippen LogP contribution in [-0.4, -0.2) is 67.5 Å². The van der Waals surface area contributed by atoms with E-state index in [1.165, 1.54) is 5.69 Å². The summed E-state index contributed by atoms with van der Waals surface area (Å²) >= 11 is 0. The minimum atomic E-state index is -0.937. The monoisotopic (exact) mass is 540 g/mol. The lowest BCUT2D eigenvalue weighted by Crippen LogP contribution is -2.44. The summed E-state index contributed by atoms with van der Waals surface area (Å²) in [5.74, 6) is 1.50. The van der Waals surface area contributed by atoms with Crippen molar-refractivity contribution in [2.24, 2.45) is 5.92 Å². The zero-order chi connectivity index (χ0) is 27.4. The molecule has 2 fully saturated rings. The molecule has 1 saturated heterocycles. The van der Waals surface area contributed by atoms with Gasteiger partial charge in [-0.1, -0.05) is 13.0 Å². The summed E-state index contributed by atoms with van der Waals surface area (Å²) in [4.78, 5) is 32.5. The Balaban J connectivity index is 1.24. The van der Waals surface area contributed by atoms with Crippen LogP contribution in [-0.2, 0) is 18.6 Å². The van der Waals surface area contributed by atoms with E-state index >= 15 is 0 Å². The molecule has 208 valence electrons. The van der Waals surface area contributed by atoms with Crippen molar-refractivity contribution in [3.8, 4) is 5.82 Å². The van der Waals surface area contributed by atoms with Crippen LogP contribution in [0.2, 0.25) is 0 Å². The standard InChI is InChI=1S/C30H36N8O2/c1-3-30(40)13-12-21-6-11-25(33-26(21)30)38-27-24(28(39)37(38)19-20-4-5-20)18-31-29(34-27)32-22-7-9-23(10-8-22)36-16-14-35(2)15-17-36/h6-11,18,20,40H,3-5,12-17,19H2,1-2H3,(H,31,32,34)/t30-/m1/s1. The highest BCUT2D eigenvalue weighted by atomic mass is 16.3. The Hall–Kier alpha value is -3.76. The van der Waals surface area contributed by atoms with Gasteiger partial charge in [-0.15, -0.1) is 0 Å². The van der Waals surface area contributed by atoms with Crippen LogP contribution in [0, 0.1) is 5.92 Å². The van der Waals surface area contributed by atoms with Gasteiger partial charge in [-0.2, -0.15) is 4.98 Å². The van der Waals surface area contributed by atoms with Crippen LogP contribution in [0.4, 0.5) is 17.3 Å². The number of pyridine rings is 1. The van der Waals surface area contributed by atoms with Crippen molar-refractivity contribution in [3.05, 3.63) is 64.2 Å². The van der Waals surface area contributed by atoms with E-state index in [0.29, 0.717) is 53.8 Å². The summed E-state index contributed by atoms with van der Waals surface area (Å²) in [5, 5.41) is 15.0. The van der Waals surface area contributed by atoms with Crippen molar-refractivity contribution < 1.29 is 5.11 Å². The number of benzene rings is 1. The Morgan fingerprint density at radius 1 is 1.05 bits per heavy atom. The molecule has 1 saturated carbocycles. The van der Waals surface area contributed by atoms with Crippen LogP contribution in [0.3, 0.4) is 0 Å². The number of hydrogen-bond donors (Lipinski definition) is 2. The van der Waals surface area contributed by atoms with Crippen molar-refractivity contribution in [1.82, 2.24) is 29.2 Å². The Kier molecular flexibility index (Phi) is 6.12. The Labute approximate surface area is 233 Å². The molecule has 7 rings (SSSR count). The maximum absolute atomic E-state index is 13.5. The molecule has 3 aromatic heterocycles. The van der Waals surface area contributed by atoms with E-state index in [4.69, 9.17) is 9.97 Å². The summed E-state index contributed by atoms with van der Waals surface area (Å²) in [6, 6.07) is 12.3. The average Bonchev–Trinajstić information content (AvgIpc) is 3.68. The van der Waals surface area contributed by atoms with Crippen LogP contribution in [0.5, 0.6) is 0 Å². The second-order valence-electron chi connectivity index (χ2n) is 11.6. The molecular formula is C30H36N8O2. The van der Waals surface area contributed by atoms with E-state index in [2.05, 4.69) is 39.3 Å². The number of anilines is 3. The Morgan fingerprint density at radius 2 is 1.82 bits per heavy atom. The van der Waals surface area contributed by atoms with Crippen LogP contribution in [0.25, 0.3) is 16.9 Å². The molecule has 3 aliphatic rings. The molecule has 0 amide bonds. The van der Waals surface area contributed by atoms with Gasteiger partial charge in [0.25, 0.3) is 5.56 Å². The fourth-order valence-electron chi connectivity index (χ4n) is 5.99. The number of fused-ring (bicyclic) bond motifs is 2. The molecule has 10 heteroatoms. The van der Waals surface area contributed by atoms with Crippen LogP contribution >= 0.6 is 0 Å². The van der Waals surface area contributed by atoms with Gasteiger partial charge >= 0.3 is 0 Å². The third kappa shape index (κ3) is 4.45. The first-order chi connectivity index (χ1) is 19.4. The Bertz CT molecular complexity index is 1620. The molecular weight excluding hydrogens is 504 g/mol. The summed E-state index contributed by atoms with van der Waals surface area (Å²) in [5.41, 5.74) is 3.34. The molecule has 2 aliphatic carbocycles. The second-order valence-corrected chi connectivity index (χ2v) is 11.6. The van der Waals surface area contributed by atoms with Gasteiger partial charge in [-0.25, -0.2) is 19.3 Å². The SMILES string of the molecule is CC[C@@]1(O)CCc2ccc(-n3c4nc(Nc5ccc(N6CCN(C)CC6)cc5)ncc4c(=O)n3CC3CC3)nc21. The topological polar surface area (TPSA) is 104 Å². The minimum Gasteiger partial charge on any atom is -0.384 e. The normalized spacial score (nSPS) is 21.2. The van der Waals surface area contributed by atoms with Crippen molar-refractivity contribution in [2.45, 2.75) is 51.2 Å². The zero-order valence-electron chi connectivity index (χ0n) is 23.2. The summed E-state index contributed by atoms with van der Waals surface area (Å²) < 4.78 is 3.58. The van der Waals surface area contributed by atoms with Crippen molar-refractivity contribution in [3.63, 3.8) is 0 Å².